The minimum atomic E-state index is -0.542. The van der Waals surface area contributed by atoms with Crippen LogP contribution >= 0.6 is 45.8 Å². The third-order valence-corrected chi connectivity index (χ3v) is 6.83. The van der Waals surface area contributed by atoms with Crippen LogP contribution in [0, 0.1) is 0 Å². The number of methoxy groups -OCH3 is 1. The number of urea groups is 1. The van der Waals surface area contributed by atoms with Crippen LogP contribution in [0.4, 0.5) is 16.3 Å². The average Bonchev–Trinajstić information content (AvgIpc) is 3.42. The quantitative estimate of drug-likeness (QED) is 0.126. The summed E-state index contributed by atoms with van der Waals surface area (Å²) in [5, 5.41) is 13.1. The molecule has 3 amide bonds. The van der Waals surface area contributed by atoms with Gasteiger partial charge in [-0.15, -0.1) is 0 Å². The van der Waals surface area contributed by atoms with Crippen LogP contribution in [0.2, 0.25) is 10.0 Å². The molecule has 0 spiro atoms. The topological polar surface area (TPSA) is 119 Å². The Morgan fingerprint density at radius 1 is 1.02 bits per heavy atom. The van der Waals surface area contributed by atoms with Crippen LogP contribution in [0.3, 0.4) is 0 Å². The first-order chi connectivity index (χ1) is 20.9. The number of alkyl halides is 1. The smallest absolute Gasteiger partial charge is 0.324 e. The molecule has 228 valence electrons. The van der Waals surface area contributed by atoms with Crippen molar-refractivity contribution in [3.8, 4) is 22.9 Å². The van der Waals surface area contributed by atoms with E-state index in [9.17, 15) is 9.59 Å². The molecule has 2 aromatic heterocycles. The van der Waals surface area contributed by atoms with Crippen molar-refractivity contribution in [2.45, 2.75) is 32.6 Å². The SMILES string of the molecule is CNC(=O)Cc1cc(Oc2ccc(NC(=O)Nc3cc(C(C)(C)C)nn3-c3ccc(OC)cc3)c(Cl)c2Cl)ccn1.[2H]CI. The molecule has 0 radical (unpaired) electrons. The summed E-state index contributed by atoms with van der Waals surface area (Å²) in [4.78, 5) is 29.4. The van der Waals surface area contributed by atoms with Crippen LogP contribution in [0.25, 0.3) is 5.69 Å². The molecule has 4 rings (SSSR count). The second kappa shape index (κ2) is 15.3. The molecule has 0 bridgehead atoms. The molecular formula is C30H33Cl2IN6O4. The monoisotopic (exact) mass is 739 g/mol. The van der Waals surface area contributed by atoms with Crippen LogP contribution in [0.1, 0.15) is 33.5 Å². The van der Waals surface area contributed by atoms with E-state index in [1.54, 1.807) is 43.1 Å². The number of nitrogens with zero attached hydrogens (tertiary/aromatic N) is 3. The first kappa shape index (κ1) is 32.4. The highest BCUT2D eigenvalue weighted by Gasteiger charge is 2.22. The van der Waals surface area contributed by atoms with Crippen LogP contribution in [0.5, 0.6) is 17.2 Å². The summed E-state index contributed by atoms with van der Waals surface area (Å²) in [6.07, 6.45) is 1.64. The third-order valence-electron chi connectivity index (χ3n) is 5.97. The van der Waals surface area contributed by atoms with Gasteiger partial charge in [-0.25, -0.2) is 9.48 Å². The summed E-state index contributed by atoms with van der Waals surface area (Å²) in [6, 6.07) is 15.0. The van der Waals surface area contributed by atoms with Crippen molar-refractivity contribution >= 4 is 69.2 Å². The zero-order chi connectivity index (χ0) is 32.4. The maximum absolute atomic E-state index is 13.1. The van der Waals surface area contributed by atoms with Gasteiger partial charge in [0.1, 0.15) is 28.1 Å². The largest absolute Gasteiger partial charge is 0.497 e. The Morgan fingerprint density at radius 3 is 2.35 bits per heavy atom. The molecule has 4 aromatic rings. The molecule has 2 aromatic carbocycles. The predicted octanol–water partition coefficient (Wildman–Crippen LogP) is 7.66. The maximum Gasteiger partial charge on any atom is 0.324 e. The predicted molar refractivity (Wildman–Crippen MR) is 180 cm³/mol. The maximum atomic E-state index is 13.1. The lowest BCUT2D eigenvalue weighted by Gasteiger charge is -2.14. The van der Waals surface area contributed by atoms with Gasteiger partial charge in [-0.05, 0) is 47.4 Å². The number of carbonyl (C=O) groups excluding carboxylic acids is 2. The van der Waals surface area contributed by atoms with Crippen LogP contribution in [-0.4, -0.2) is 45.8 Å². The van der Waals surface area contributed by atoms with Crippen molar-refractivity contribution in [2.75, 3.05) is 29.7 Å². The molecule has 0 saturated carbocycles. The molecule has 0 unspecified atom stereocenters. The number of halogens is 3. The van der Waals surface area contributed by atoms with Crippen molar-refractivity contribution < 1.29 is 20.4 Å². The van der Waals surface area contributed by atoms with E-state index >= 15 is 0 Å². The summed E-state index contributed by atoms with van der Waals surface area (Å²) in [7, 11) is 3.15. The second-order valence-electron chi connectivity index (χ2n) is 10.0. The van der Waals surface area contributed by atoms with E-state index in [-0.39, 0.29) is 39.2 Å². The molecule has 0 fully saturated rings. The molecule has 2 heterocycles. The van der Waals surface area contributed by atoms with Gasteiger partial charge in [0.25, 0.3) is 0 Å². The van der Waals surface area contributed by atoms with Crippen molar-refractivity contribution in [1.29, 1.82) is 0 Å². The van der Waals surface area contributed by atoms with Crippen molar-refractivity contribution in [3.05, 3.63) is 82.2 Å². The molecule has 0 aliphatic carbocycles. The number of likely N-dealkylation sites (N-methyl/N-ethyl adjacent to an activating group) is 1. The Labute approximate surface area is 276 Å². The first-order valence-electron chi connectivity index (χ1n) is 13.6. The normalized spacial score (nSPS) is 11.0. The molecule has 0 aliphatic heterocycles. The number of aromatic nitrogens is 3. The molecular weight excluding hydrogens is 706 g/mol. The molecule has 0 saturated heterocycles. The van der Waals surface area contributed by atoms with Gasteiger partial charge >= 0.3 is 6.03 Å². The highest BCUT2D eigenvalue weighted by molar-refractivity contribution is 14.1. The van der Waals surface area contributed by atoms with E-state index in [1.165, 1.54) is 6.20 Å². The number of rotatable bonds is 8. The number of ether oxygens (including phenoxy) is 2. The number of anilines is 2. The van der Waals surface area contributed by atoms with Gasteiger partial charge in [0, 0.05) is 32.2 Å². The highest BCUT2D eigenvalue weighted by atomic mass is 127. The number of benzene rings is 2. The zero-order valence-electron chi connectivity index (χ0n) is 25.3. The Balaban J connectivity index is 0.00000169. The number of hydrogen-bond acceptors (Lipinski definition) is 6. The Bertz CT molecular complexity index is 1600. The van der Waals surface area contributed by atoms with E-state index in [1.807, 2.05) is 73.7 Å². The van der Waals surface area contributed by atoms with Crippen LogP contribution in [0.15, 0.2) is 60.8 Å². The summed E-state index contributed by atoms with van der Waals surface area (Å²) >= 11 is 14.9. The number of carbonyl (C=O) groups is 2. The lowest BCUT2D eigenvalue weighted by atomic mass is 9.92. The molecule has 10 nitrogen and oxygen atoms in total. The fourth-order valence-corrected chi connectivity index (χ4v) is 4.14. The lowest BCUT2D eigenvalue weighted by molar-refractivity contribution is -0.120. The minimum absolute atomic E-state index is 0.0954. The molecule has 13 heteroatoms. The molecule has 3 N–H and O–H groups in total. The van der Waals surface area contributed by atoms with Gasteiger partial charge in [0.2, 0.25) is 5.91 Å². The van der Waals surface area contributed by atoms with Crippen molar-refractivity contribution in [1.82, 2.24) is 20.1 Å². The molecule has 0 aliphatic rings. The third kappa shape index (κ3) is 8.97. The summed E-state index contributed by atoms with van der Waals surface area (Å²) < 4.78 is 19.0. The summed E-state index contributed by atoms with van der Waals surface area (Å²) in [5.74, 6) is 1.69. The summed E-state index contributed by atoms with van der Waals surface area (Å²) in [6.45, 7) is 6.12. The highest BCUT2D eigenvalue weighted by Crippen LogP contribution is 2.39. The fourth-order valence-electron chi connectivity index (χ4n) is 3.73. The minimum Gasteiger partial charge on any atom is -0.497 e. The lowest BCUT2D eigenvalue weighted by Crippen LogP contribution is -2.21. The standard InChI is InChI=1S/C29H30Cl2N6O4.CH3I/c1-29(2,3)23-16-24(37(36-23)18-6-8-19(40-5)9-7-18)35-28(39)34-21-10-11-22(27(31)26(21)30)41-20-12-13-33-17(14-20)15-25(38)32-4;1-2/h6-14,16H,15H2,1-5H3,(H,32,38)(H2,34,35,39);1H3/i;1D. The van der Waals surface area contributed by atoms with Gasteiger partial charge in [0.15, 0.2) is 0 Å². The first-order valence-corrected chi connectivity index (χ1v) is 15.2. The molecule has 43 heavy (non-hydrogen) atoms. The van der Waals surface area contributed by atoms with Gasteiger partial charge in [-0.1, -0.05) is 66.6 Å². The van der Waals surface area contributed by atoms with Gasteiger partial charge in [0.05, 0.1) is 41.3 Å². The van der Waals surface area contributed by atoms with Gasteiger partial charge in [-0.3, -0.25) is 15.1 Å². The van der Waals surface area contributed by atoms with E-state index in [2.05, 4.69) is 20.9 Å². The van der Waals surface area contributed by atoms with E-state index in [4.69, 9.17) is 39.1 Å². The fraction of sp³-hybridized carbons (Fsp3) is 0.267. The van der Waals surface area contributed by atoms with Gasteiger partial charge in [-0.2, -0.15) is 5.10 Å². The summed E-state index contributed by atoms with van der Waals surface area (Å²) in [5.41, 5.74) is 2.09. The number of pyridine rings is 1. The zero-order valence-corrected chi connectivity index (χ0v) is 28.0. The average molecular weight is 740 g/mol. The Hall–Kier alpha value is -3.55. The van der Waals surface area contributed by atoms with Crippen molar-refractivity contribution in [2.24, 2.45) is 0 Å². The number of hydrogen-bond donors (Lipinski definition) is 3. The van der Waals surface area contributed by atoms with Crippen LogP contribution in [-0.2, 0) is 16.6 Å². The number of nitrogens with one attached hydrogen (secondary N) is 3. The van der Waals surface area contributed by atoms with E-state index in [0.29, 0.717) is 27.9 Å². The van der Waals surface area contributed by atoms with E-state index in [0.717, 1.165) is 11.4 Å². The van der Waals surface area contributed by atoms with Crippen molar-refractivity contribution in [3.63, 3.8) is 0 Å². The second-order valence-corrected chi connectivity index (χ2v) is 10.8. The van der Waals surface area contributed by atoms with Crippen LogP contribution < -0.4 is 25.4 Å². The Kier molecular flexibility index (Phi) is 11.5. The Morgan fingerprint density at radius 2 is 1.72 bits per heavy atom. The van der Waals surface area contributed by atoms with Gasteiger partial charge < -0.3 is 20.1 Å². The number of amides is 3. The van der Waals surface area contributed by atoms with E-state index < -0.39 is 6.03 Å². The molecule has 0 atom stereocenters.